The summed E-state index contributed by atoms with van der Waals surface area (Å²) in [6.45, 7) is 1.51. The topological polar surface area (TPSA) is 66.2 Å². The number of rotatable bonds is 2. The quantitative estimate of drug-likeness (QED) is 0.637. The molecule has 0 aliphatic carbocycles. The maximum atomic E-state index is 10.9. The fraction of sp³-hybridized carbons (Fsp3) is 0.0909. The number of hydrogen-bond acceptors (Lipinski definition) is 4. The first-order valence-corrected chi connectivity index (χ1v) is 4.91. The molecule has 0 aliphatic heterocycles. The fourth-order valence-electron chi connectivity index (χ4n) is 1.45. The van der Waals surface area contributed by atoms with Gasteiger partial charge in [-0.3, -0.25) is 0 Å². The standard InChI is InChI=1S/C11H8ClNO3.K/c1-6-9(11(14)15)10(13-16-6)7-4-2-3-5-8(7)12;/h2-5H,1H3,(H,14,15);/q;+1/p-1. The van der Waals surface area contributed by atoms with Crippen LogP contribution in [0.3, 0.4) is 0 Å². The van der Waals surface area contributed by atoms with Crippen molar-refractivity contribution in [2.45, 2.75) is 6.92 Å². The van der Waals surface area contributed by atoms with Crippen molar-refractivity contribution in [2.75, 3.05) is 0 Å². The third kappa shape index (κ3) is 2.99. The largest absolute Gasteiger partial charge is 1.00 e. The Bertz CT molecular complexity index is 553. The minimum atomic E-state index is -1.33. The predicted octanol–water partition coefficient (Wildman–Crippen LogP) is -1.33. The minimum absolute atomic E-state index is 0. The van der Waals surface area contributed by atoms with E-state index in [9.17, 15) is 9.90 Å². The van der Waals surface area contributed by atoms with Crippen molar-refractivity contribution in [1.82, 2.24) is 5.16 Å². The Hall–Kier alpha value is -0.174. The Morgan fingerprint density at radius 3 is 2.65 bits per heavy atom. The summed E-state index contributed by atoms with van der Waals surface area (Å²) in [6.07, 6.45) is 0. The monoisotopic (exact) mass is 275 g/mol. The summed E-state index contributed by atoms with van der Waals surface area (Å²) in [6, 6.07) is 6.81. The summed E-state index contributed by atoms with van der Waals surface area (Å²) in [5, 5.41) is 15.0. The second-order valence-corrected chi connectivity index (χ2v) is 3.64. The van der Waals surface area contributed by atoms with Crippen LogP contribution in [0.5, 0.6) is 0 Å². The molecule has 2 rings (SSSR count). The molecule has 1 heterocycles. The van der Waals surface area contributed by atoms with Crippen LogP contribution in [0.25, 0.3) is 11.3 Å². The Balaban J connectivity index is 0.00000144. The van der Waals surface area contributed by atoms with E-state index in [1.807, 2.05) is 0 Å². The van der Waals surface area contributed by atoms with Gasteiger partial charge in [-0.15, -0.1) is 0 Å². The molecule has 0 unspecified atom stereocenters. The van der Waals surface area contributed by atoms with Gasteiger partial charge in [0.1, 0.15) is 11.5 Å². The first-order valence-electron chi connectivity index (χ1n) is 4.53. The SMILES string of the molecule is Cc1onc(-c2ccccc2Cl)c1C(=O)[O-].[K+]. The molecule has 0 fully saturated rings. The van der Waals surface area contributed by atoms with Crippen molar-refractivity contribution in [3.05, 3.63) is 40.6 Å². The normalized spacial score (nSPS) is 9.76. The van der Waals surface area contributed by atoms with Gasteiger partial charge in [-0.2, -0.15) is 0 Å². The molecule has 0 spiro atoms. The first kappa shape index (κ1) is 14.9. The van der Waals surface area contributed by atoms with Gasteiger partial charge in [-0.05, 0) is 13.0 Å². The molecule has 1 aromatic heterocycles. The number of carbonyl (C=O) groups is 1. The number of hydrogen-bond donors (Lipinski definition) is 0. The molecule has 0 radical (unpaired) electrons. The second kappa shape index (κ2) is 6.13. The average molecular weight is 276 g/mol. The van der Waals surface area contributed by atoms with Gasteiger partial charge in [0.15, 0.2) is 0 Å². The maximum Gasteiger partial charge on any atom is 1.00 e. The smallest absolute Gasteiger partial charge is 0.545 e. The van der Waals surface area contributed by atoms with Crippen molar-refractivity contribution in [2.24, 2.45) is 0 Å². The van der Waals surface area contributed by atoms with Crippen molar-refractivity contribution in [3.8, 4) is 11.3 Å². The van der Waals surface area contributed by atoms with Gasteiger partial charge in [0.2, 0.25) is 0 Å². The zero-order valence-electron chi connectivity index (χ0n) is 9.36. The molecular formula is C11H7ClKNO3. The van der Waals surface area contributed by atoms with Gasteiger partial charge < -0.3 is 14.4 Å². The molecule has 1 aromatic carbocycles. The summed E-state index contributed by atoms with van der Waals surface area (Å²) in [7, 11) is 0. The molecule has 0 saturated carbocycles. The summed E-state index contributed by atoms with van der Waals surface area (Å²) < 4.78 is 4.84. The van der Waals surface area contributed by atoms with Gasteiger partial charge >= 0.3 is 51.4 Å². The van der Waals surface area contributed by atoms with E-state index in [-0.39, 0.29) is 68.4 Å². The summed E-state index contributed by atoms with van der Waals surface area (Å²) in [5.74, 6) is -1.12. The molecular weight excluding hydrogens is 269 g/mol. The second-order valence-electron chi connectivity index (χ2n) is 3.23. The molecule has 6 heteroatoms. The third-order valence-corrected chi connectivity index (χ3v) is 2.53. The molecule has 0 amide bonds. The van der Waals surface area contributed by atoms with Crippen LogP contribution in [0.1, 0.15) is 16.1 Å². The third-order valence-electron chi connectivity index (χ3n) is 2.20. The summed E-state index contributed by atoms with van der Waals surface area (Å²) >= 11 is 5.95. The number of nitrogens with zero attached hydrogens (tertiary/aromatic N) is 1. The maximum absolute atomic E-state index is 10.9. The van der Waals surface area contributed by atoms with Crippen molar-refractivity contribution >= 4 is 17.6 Å². The van der Waals surface area contributed by atoms with Crippen LogP contribution < -0.4 is 56.5 Å². The zero-order valence-corrected chi connectivity index (χ0v) is 13.2. The number of carboxylic acid groups (broad SMARTS) is 1. The van der Waals surface area contributed by atoms with Gasteiger partial charge in [0.05, 0.1) is 16.6 Å². The number of aryl methyl sites for hydroxylation is 1. The number of halogens is 1. The van der Waals surface area contributed by atoms with Gasteiger partial charge in [0, 0.05) is 5.56 Å². The van der Waals surface area contributed by atoms with Crippen LogP contribution in [-0.2, 0) is 0 Å². The number of carboxylic acids is 1. The van der Waals surface area contributed by atoms with Crippen molar-refractivity contribution < 1.29 is 65.8 Å². The molecule has 0 atom stereocenters. The number of aromatic nitrogens is 1. The van der Waals surface area contributed by atoms with Crippen LogP contribution >= 0.6 is 11.6 Å². The Kier molecular flexibility index (Phi) is 5.37. The van der Waals surface area contributed by atoms with Crippen LogP contribution in [0.15, 0.2) is 28.8 Å². The van der Waals surface area contributed by atoms with Crippen molar-refractivity contribution in [3.63, 3.8) is 0 Å². The Morgan fingerprint density at radius 1 is 1.41 bits per heavy atom. The minimum Gasteiger partial charge on any atom is -0.545 e. The van der Waals surface area contributed by atoms with Crippen LogP contribution in [-0.4, -0.2) is 11.1 Å². The van der Waals surface area contributed by atoms with Crippen molar-refractivity contribution in [1.29, 1.82) is 0 Å². The van der Waals surface area contributed by atoms with Crippen LogP contribution in [0.4, 0.5) is 0 Å². The number of carbonyl (C=O) groups excluding carboxylic acids is 1. The zero-order chi connectivity index (χ0) is 11.7. The predicted molar refractivity (Wildman–Crippen MR) is 56.0 cm³/mol. The van der Waals surface area contributed by atoms with E-state index in [4.69, 9.17) is 16.1 Å². The molecule has 0 N–H and O–H groups in total. The Labute approximate surface area is 145 Å². The van der Waals surface area contributed by atoms with E-state index >= 15 is 0 Å². The molecule has 0 aliphatic rings. The number of benzene rings is 1. The van der Waals surface area contributed by atoms with E-state index < -0.39 is 5.97 Å². The number of aromatic carboxylic acids is 1. The molecule has 0 bridgehead atoms. The first-order chi connectivity index (χ1) is 7.61. The molecule has 4 nitrogen and oxygen atoms in total. The van der Waals surface area contributed by atoms with Crippen LogP contribution in [0.2, 0.25) is 5.02 Å². The van der Waals surface area contributed by atoms with Gasteiger partial charge in [0.25, 0.3) is 0 Å². The van der Waals surface area contributed by atoms with E-state index in [1.165, 1.54) is 6.92 Å². The van der Waals surface area contributed by atoms with E-state index in [0.29, 0.717) is 10.6 Å². The molecule has 17 heavy (non-hydrogen) atoms. The van der Waals surface area contributed by atoms with E-state index in [0.717, 1.165) is 0 Å². The molecule has 0 saturated heterocycles. The molecule has 2 aromatic rings. The fourth-order valence-corrected chi connectivity index (χ4v) is 1.67. The average Bonchev–Trinajstić information content (AvgIpc) is 2.61. The van der Waals surface area contributed by atoms with Gasteiger partial charge in [-0.1, -0.05) is 35.0 Å². The Morgan fingerprint density at radius 2 is 2.06 bits per heavy atom. The summed E-state index contributed by atoms with van der Waals surface area (Å²) in [4.78, 5) is 10.9. The van der Waals surface area contributed by atoms with E-state index in [2.05, 4.69) is 5.16 Å². The summed E-state index contributed by atoms with van der Waals surface area (Å²) in [5.41, 5.74) is 0.649. The van der Waals surface area contributed by atoms with Gasteiger partial charge in [-0.25, -0.2) is 0 Å². The molecule has 82 valence electrons. The van der Waals surface area contributed by atoms with Crippen LogP contribution in [0, 0.1) is 6.92 Å². The van der Waals surface area contributed by atoms with E-state index in [1.54, 1.807) is 24.3 Å².